The minimum atomic E-state index is -0.574. The zero-order chi connectivity index (χ0) is 13.5. The zero-order valence-corrected chi connectivity index (χ0v) is 11.6. The molecule has 2 amide bonds. The van der Waals surface area contributed by atoms with E-state index in [9.17, 15) is 14.3 Å². The first-order chi connectivity index (χ1) is 8.52. The van der Waals surface area contributed by atoms with Crippen molar-refractivity contribution in [1.82, 2.24) is 5.32 Å². The number of nitrogens with one attached hydrogen (secondary N) is 2. The lowest BCUT2D eigenvalue weighted by Crippen LogP contribution is -2.35. The minimum Gasteiger partial charge on any atom is -0.391 e. The quantitative estimate of drug-likeness (QED) is 0.781. The van der Waals surface area contributed by atoms with Crippen LogP contribution in [0.15, 0.2) is 22.7 Å². The summed E-state index contributed by atoms with van der Waals surface area (Å²) in [6.07, 6.45) is 0.883. The van der Waals surface area contributed by atoms with Crippen molar-refractivity contribution in [1.29, 1.82) is 0 Å². The van der Waals surface area contributed by atoms with Crippen LogP contribution < -0.4 is 10.6 Å². The maximum Gasteiger partial charge on any atom is 0.319 e. The van der Waals surface area contributed by atoms with Gasteiger partial charge in [0.1, 0.15) is 5.82 Å². The molecule has 4 nitrogen and oxygen atoms in total. The molecule has 0 radical (unpaired) electrons. The van der Waals surface area contributed by atoms with E-state index in [0.717, 1.165) is 6.42 Å². The lowest BCUT2D eigenvalue weighted by atomic mass is 10.2. The third-order valence-electron chi connectivity index (χ3n) is 2.30. The molecule has 0 aliphatic rings. The Bertz CT molecular complexity index is 415. The number of urea groups is 1. The highest BCUT2D eigenvalue weighted by atomic mass is 79.9. The van der Waals surface area contributed by atoms with Gasteiger partial charge in [-0.25, -0.2) is 9.18 Å². The van der Waals surface area contributed by atoms with E-state index in [1.165, 1.54) is 12.1 Å². The van der Waals surface area contributed by atoms with Gasteiger partial charge in [0.2, 0.25) is 0 Å². The highest BCUT2D eigenvalue weighted by Gasteiger charge is 2.08. The van der Waals surface area contributed by atoms with Crippen molar-refractivity contribution in [2.45, 2.75) is 25.9 Å². The average molecular weight is 319 g/mol. The maximum absolute atomic E-state index is 13.4. The van der Waals surface area contributed by atoms with E-state index in [1.54, 1.807) is 6.07 Å². The number of anilines is 1. The summed E-state index contributed by atoms with van der Waals surface area (Å²) < 4.78 is 14.0. The summed E-state index contributed by atoms with van der Waals surface area (Å²) in [7, 11) is 0. The van der Waals surface area contributed by atoms with Gasteiger partial charge in [-0.1, -0.05) is 29.3 Å². The first kappa shape index (κ1) is 14.9. The van der Waals surface area contributed by atoms with Crippen molar-refractivity contribution in [3.05, 3.63) is 28.5 Å². The highest BCUT2D eigenvalue weighted by molar-refractivity contribution is 9.10. The fraction of sp³-hybridized carbons (Fsp3) is 0.417. The first-order valence-corrected chi connectivity index (χ1v) is 6.50. The normalized spacial score (nSPS) is 12.0. The van der Waals surface area contributed by atoms with Crippen LogP contribution in [0.25, 0.3) is 0 Å². The molecule has 1 rings (SSSR count). The Labute approximate surface area is 114 Å². The molecule has 1 unspecified atom stereocenters. The molecule has 0 aliphatic carbocycles. The fourth-order valence-corrected chi connectivity index (χ4v) is 1.74. The second-order valence-corrected chi connectivity index (χ2v) is 4.82. The molecule has 0 fully saturated rings. The van der Waals surface area contributed by atoms with E-state index in [4.69, 9.17) is 0 Å². The number of aliphatic hydroxyl groups excluding tert-OH is 1. The van der Waals surface area contributed by atoms with Gasteiger partial charge < -0.3 is 15.7 Å². The van der Waals surface area contributed by atoms with Crippen LogP contribution in [0.3, 0.4) is 0 Å². The van der Waals surface area contributed by atoms with Crippen LogP contribution in [0, 0.1) is 5.82 Å². The van der Waals surface area contributed by atoms with E-state index in [-0.39, 0.29) is 12.2 Å². The summed E-state index contributed by atoms with van der Waals surface area (Å²) in [5.74, 6) is -0.520. The topological polar surface area (TPSA) is 61.4 Å². The second-order valence-electron chi connectivity index (χ2n) is 3.90. The van der Waals surface area contributed by atoms with Crippen LogP contribution in [0.1, 0.15) is 19.8 Å². The summed E-state index contributed by atoms with van der Waals surface area (Å²) in [4.78, 5) is 11.4. The molecule has 0 heterocycles. The molecule has 0 bridgehead atoms. The Hall–Kier alpha value is -1.14. The summed E-state index contributed by atoms with van der Waals surface area (Å²) in [5, 5.41) is 14.3. The molecule has 100 valence electrons. The number of amides is 2. The van der Waals surface area contributed by atoms with E-state index in [0.29, 0.717) is 10.9 Å². The third kappa shape index (κ3) is 5.01. The predicted octanol–water partition coefficient (Wildman–Crippen LogP) is 2.87. The Balaban J connectivity index is 2.44. The van der Waals surface area contributed by atoms with Gasteiger partial charge in [-0.15, -0.1) is 0 Å². The van der Waals surface area contributed by atoms with Crippen LogP contribution >= 0.6 is 15.9 Å². The molecule has 3 N–H and O–H groups in total. The number of benzene rings is 1. The van der Waals surface area contributed by atoms with Gasteiger partial charge in [0.05, 0.1) is 11.8 Å². The summed E-state index contributed by atoms with van der Waals surface area (Å²) >= 11 is 3.13. The SMILES string of the molecule is CCCC(O)CNC(=O)Nc1ccc(Br)cc1F. The van der Waals surface area contributed by atoms with Crippen molar-refractivity contribution in [3.8, 4) is 0 Å². The molecule has 0 saturated carbocycles. The van der Waals surface area contributed by atoms with E-state index < -0.39 is 18.0 Å². The van der Waals surface area contributed by atoms with Crippen LogP contribution in [0.2, 0.25) is 0 Å². The molecule has 18 heavy (non-hydrogen) atoms. The first-order valence-electron chi connectivity index (χ1n) is 5.71. The van der Waals surface area contributed by atoms with Gasteiger partial charge in [0.25, 0.3) is 0 Å². The molecule has 1 atom stereocenters. The molecule has 0 aliphatic heterocycles. The summed E-state index contributed by atoms with van der Waals surface area (Å²) in [6.45, 7) is 2.10. The molecular weight excluding hydrogens is 303 g/mol. The molecule has 1 aromatic rings. The predicted molar refractivity (Wildman–Crippen MR) is 72.0 cm³/mol. The molecule has 0 saturated heterocycles. The number of carbonyl (C=O) groups excluding carboxylic acids is 1. The lowest BCUT2D eigenvalue weighted by Gasteiger charge is -2.12. The van der Waals surface area contributed by atoms with Gasteiger partial charge >= 0.3 is 6.03 Å². The number of hydrogen-bond donors (Lipinski definition) is 3. The average Bonchev–Trinajstić information content (AvgIpc) is 2.31. The Kier molecular flexibility index (Phi) is 6.07. The van der Waals surface area contributed by atoms with Gasteiger partial charge in [-0.05, 0) is 24.6 Å². The zero-order valence-electron chi connectivity index (χ0n) is 10.0. The number of rotatable bonds is 5. The van der Waals surface area contributed by atoms with Crippen LogP contribution in [0.4, 0.5) is 14.9 Å². The highest BCUT2D eigenvalue weighted by Crippen LogP contribution is 2.19. The van der Waals surface area contributed by atoms with Crippen LogP contribution in [0.5, 0.6) is 0 Å². The molecule has 0 spiro atoms. The second kappa shape index (κ2) is 7.33. The maximum atomic E-state index is 13.4. The van der Waals surface area contributed by atoms with Crippen molar-refractivity contribution >= 4 is 27.6 Å². The van der Waals surface area contributed by atoms with Gasteiger partial charge in [0, 0.05) is 11.0 Å². The van der Waals surface area contributed by atoms with Gasteiger partial charge in [-0.2, -0.15) is 0 Å². The Morgan fingerprint density at radius 2 is 2.28 bits per heavy atom. The van der Waals surface area contributed by atoms with Crippen molar-refractivity contribution < 1.29 is 14.3 Å². The van der Waals surface area contributed by atoms with E-state index in [2.05, 4.69) is 26.6 Å². The number of carbonyl (C=O) groups is 1. The summed E-state index contributed by atoms with van der Waals surface area (Å²) in [5.41, 5.74) is 0.0979. The molecule has 0 aromatic heterocycles. The van der Waals surface area contributed by atoms with Crippen LogP contribution in [-0.4, -0.2) is 23.8 Å². The van der Waals surface area contributed by atoms with Crippen molar-refractivity contribution in [3.63, 3.8) is 0 Å². The Morgan fingerprint density at radius 1 is 1.56 bits per heavy atom. The smallest absolute Gasteiger partial charge is 0.319 e. The van der Waals surface area contributed by atoms with E-state index in [1.807, 2.05) is 6.92 Å². The van der Waals surface area contributed by atoms with Gasteiger partial charge in [-0.3, -0.25) is 0 Å². The van der Waals surface area contributed by atoms with E-state index >= 15 is 0 Å². The monoisotopic (exact) mass is 318 g/mol. The van der Waals surface area contributed by atoms with Crippen molar-refractivity contribution in [2.75, 3.05) is 11.9 Å². The molecular formula is C12H16BrFN2O2. The van der Waals surface area contributed by atoms with Crippen LogP contribution in [-0.2, 0) is 0 Å². The molecule has 1 aromatic carbocycles. The minimum absolute atomic E-state index is 0.0979. The molecule has 6 heteroatoms. The van der Waals surface area contributed by atoms with Gasteiger partial charge in [0.15, 0.2) is 0 Å². The number of aliphatic hydroxyl groups is 1. The summed E-state index contributed by atoms with van der Waals surface area (Å²) in [6, 6.07) is 3.82. The number of hydrogen-bond acceptors (Lipinski definition) is 2. The number of halogens is 2. The largest absolute Gasteiger partial charge is 0.391 e. The third-order valence-corrected chi connectivity index (χ3v) is 2.79. The standard InChI is InChI=1S/C12H16BrFN2O2/c1-2-3-9(17)7-15-12(18)16-11-5-4-8(13)6-10(11)14/h4-6,9,17H,2-3,7H2,1H3,(H2,15,16,18). The van der Waals surface area contributed by atoms with Crippen molar-refractivity contribution in [2.24, 2.45) is 0 Å². The fourth-order valence-electron chi connectivity index (χ4n) is 1.40. The lowest BCUT2D eigenvalue weighted by molar-refractivity contribution is 0.162. The Morgan fingerprint density at radius 3 is 2.89 bits per heavy atom.